The van der Waals surface area contributed by atoms with Gasteiger partial charge in [-0.2, -0.15) is 30.4 Å². The van der Waals surface area contributed by atoms with Crippen molar-refractivity contribution in [2.45, 2.75) is 10.4 Å². The minimum atomic E-state index is -6.83. The zero-order chi connectivity index (χ0) is 25.6. The van der Waals surface area contributed by atoms with Crippen molar-refractivity contribution in [1.82, 2.24) is 0 Å². The molecule has 0 bridgehead atoms. The molecule has 0 aliphatic heterocycles. The van der Waals surface area contributed by atoms with Crippen molar-refractivity contribution in [3.05, 3.63) is 71.8 Å². The van der Waals surface area contributed by atoms with Crippen LogP contribution in [0.25, 0.3) is 16.8 Å². The van der Waals surface area contributed by atoms with Crippen LogP contribution in [0.1, 0.15) is 5.56 Å². The van der Waals surface area contributed by atoms with Gasteiger partial charge in [0.05, 0.1) is 0 Å². The Morgan fingerprint density at radius 1 is 0.882 bits per heavy atom. The van der Waals surface area contributed by atoms with Crippen molar-refractivity contribution in [1.29, 1.82) is 0 Å². The Kier molecular flexibility index (Phi) is 6.41. The van der Waals surface area contributed by atoms with Gasteiger partial charge in [0, 0.05) is 10.0 Å². The zero-order valence-electron chi connectivity index (χ0n) is 16.2. The largest absolute Gasteiger partial charge is 0.759 e. The predicted molar refractivity (Wildman–Crippen MR) is 105 cm³/mol. The molecule has 182 valence electrons. The van der Waals surface area contributed by atoms with Crippen LogP contribution in [0.5, 0.6) is 11.5 Å². The molecule has 3 rings (SSSR count). The van der Waals surface area contributed by atoms with E-state index in [1.54, 1.807) is 24.3 Å². The Morgan fingerprint density at radius 2 is 1.41 bits per heavy atom. The lowest BCUT2D eigenvalue weighted by atomic mass is 10.1. The Balaban J connectivity index is 2.14. The summed E-state index contributed by atoms with van der Waals surface area (Å²) in [6, 6.07) is 8.65. The summed E-state index contributed by atoms with van der Waals surface area (Å²) in [6.45, 7) is 3.59. The summed E-state index contributed by atoms with van der Waals surface area (Å²) >= 11 is 0. The van der Waals surface area contributed by atoms with E-state index in [0.29, 0.717) is 10.8 Å². The molecule has 0 fully saturated rings. The highest BCUT2D eigenvalue weighted by Crippen LogP contribution is 2.37. The second-order valence-electron chi connectivity index (χ2n) is 6.46. The van der Waals surface area contributed by atoms with Crippen LogP contribution in [0.2, 0.25) is 0 Å². The van der Waals surface area contributed by atoms with Crippen molar-refractivity contribution in [2.75, 3.05) is 0 Å². The zero-order valence-corrected chi connectivity index (χ0v) is 17.8. The van der Waals surface area contributed by atoms with E-state index >= 15 is 0 Å². The number of hydrogen-bond donors (Lipinski definition) is 0. The van der Waals surface area contributed by atoms with Crippen molar-refractivity contribution < 1.29 is 52.6 Å². The van der Waals surface area contributed by atoms with Crippen molar-refractivity contribution in [3.63, 3.8) is 0 Å². The van der Waals surface area contributed by atoms with Crippen LogP contribution in [0.3, 0.4) is 0 Å². The quantitative estimate of drug-likeness (QED) is 0.316. The average molecular weight is 528 g/mol. The highest BCUT2D eigenvalue weighted by molar-refractivity contribution is 8.01. The molecule has 1 atom stereocenters. The van der Waals surface area contributed by atoms with Gasteiger partial charge in [-0.25, -0.2) is 8.78 Å². The van der Waals surface area contributed by atoms with E-state index in [0.717, 1.165) is 11.6 Å². The molecule has 0 spiro atoms. The maximum Gasteiger partial charge on any atom is 0.519 e. The minimum Gasteiger partial charge on any atom is -0.759 e. The molecule has 6 nitrogen and oxygen atoms in total. The fourth-order valence-electron chi connectivity index (χ4n) is 2.67. The van der Waals surface area contributed by atoms with Gasteiger partial charge in [0.25, 0.3) is 0 Å². The lowest BCUT2D eigenvalue weighted by Crippen LogP contribution is -2.23. The number of ether oxygens (including phenoxy) is 1. The second kappa shape index (κ2) is 8.56. The summed E-state index contributed by atoms with van der Waals surface area (Å²) in [5.74, 6) is -12.5. The van der Waals surface area contributed by atoms with Gasteiger partial charge in [-0.05, 0) is 34.5 Å². The Bertz CT molecular complexity index is 1530. The average Bonchev–Trinajstić information content (AvgIpc) is 2.73. The molecule has 0 aliphatic rings. The molecule has 0 radical (unpaired) electrons. The SMILES string of the molecule is C=Cc1ccc2cc(Oc3c(F)c(F)c(S(=O)([O-])=NS(=O)(=O)C(F)(F)F)c(F)c3F)ccc2c1. The van der Waals surface area contributed by atoms with Crippen LogP contribution >= 0.6 is 0 Å². The molecule has 0 heterocycles. The Morgan fingerprint density at radius 3 is 1.94 bits per heavy atom. The van der Waals surface area contributed by atoms with Crippen LogP contribution in [0.15, 0.2) is 51.6 Å². The van der Waals surface area contributed by atoms with Crippen molar-refractivity contribution in [2.24, 2.45) is 3.77 Å². The van der Waals surface area contributed by atoms with E-state index in [-0.39, 0.29) is 5.75 Å². The molecule has 0 aliphatic carbocycles. The van der Waals surface area contributed by atoms with Crippen LogP contribution < -0.4 is 4.74 Å². The van der Waals surface area contributed by atoms with Crippen LogP contribution in [0.4, 0.5) is 30.7 Å². The third kappa shape index (κ3) is 4.58. The molecule has 3 aromatic rings. The van der Waals surface area contributed by atoms with Crippen LogP contribution in [0, 0.1) is 23.3 Å². The standard InChI is InChI=1S/C19H10F7NO5S2/c1-2-9-3-4-11-8-12(6-5-10(11)7-9)32-17-13(20)15(22)18(16(23)14(17)21)33(28,29)27-34(30,31)19(24,25)26/h2-8H,1H2,(H,27,28,29)/p-1. The van der Waals surface area contributed by atoms with Gasteiger partial charge >= 0.3 is 15.5 Å². The van der Waals surface area contributed by atoms with E-state index in [9.17, 15) is 47.9 Å². The summed E-state index contributed by atoms with van der Waals surface area (Å²) < 4.78 is 146. The van der Waals surface area contributed by atoms with Gasteiger partial charge in [-0.15, -0.1) is 3.77 Å². The number of rotatable bonds is 5. The molecule has 0 saturated carbocycles. The summed E-state index contributed by atoms with van der Waals surface area (Å²) in [5, 5.41) is 1.08. The maximum atomic E-state index is 14.4. The van der Waals surface area contributed by atoms with E-state index in [1.165, 1.54) is 15.9 Å². The number of fused-ring (bicyclic) bond motifs is 1. The van der Waals surface area contributed by atoms with Gasteiger partial charge in [0.15, 0.2) is 11.6 Å². The number of nitrogens with zero attached hydrogens (tertiary/aromatic N) is 1. The summed E-state index contributed by atoms with van der Waals surface area (Å²) in [4.78, 5) is -2.68. The lowest BCUT2D eigenvalue weighted by molar-refractivity contribution is -0.0435. The Hall–Kier alpha value is -3.17. The van der Waals surface area contributed by atoms with Crippen molar-refractivity contribution >= 4 is 36.9 Å². The number of benzene rings is 3. The fourth-order valence-corrected chi connectivity index (χ4v) is 4.97. The number of hydrogen-bond acceptors (Lipinski definition) is 5. The third-order valence-electron chi connectivity index (χ3n) is 4.22. The first-order valence-electron chi connectivity index (χ1n) is 8.59. The van der Waals surface area contributed by atoms with E-state index in [2.05, 4.69) is 6.58 Å². The lowest BCUT2D eigenvalue weighted by Gasteiger charge is -2.18. The van der Waals surface area contributed by atoms with Gasteiger partial charge < -0.3 is 9.29 Å². The van der Waals surface area contributed by atoms with Gasteiger partial charge in [0.1, 0.15) is 10.6 Å². The first kappa shape index (κ1) is 25.5. The van der Waals surface area contributed by atoms with Gasteiger partial charge in [-0.3, -0.25) is 4.21 Å². The number of halogens is 7. The fraction of sp³-hybridized carbons (Fsp3) is 0.0526. The number of alkyl halides is 3. The summed E-state index contributed by atoms with van der Waals surface area (Å²) in [7, 11) is -13.2. The topological polar surface area (TPSA) is 95.9 Å². The molecule has 1 unspecified atom stereocenters. The van der Waals surface area contributed by atoms with E-state index < -0.39 is 59.5 Å². The molecule has 34 heavy (non-hydrogen) atoms. The summed E-state index contributed by atoms with van der Waals surface area (Å²) in [5.41, 5.74) is -5.53. The first-order chi connectivity index (χ1) is 15.6. The maximum absolute atomic E-state index is 14.4. The van der Waals surface area contributed by atoms with Gasteiger partial charge in [0.2, 0.25) is 17.4 Å². The normalized spacial score (nSPS) is 14.0. The highest BCUT2D eigenvalue weighted by atomic mass is 32.3. The second-order valence-corrected chi connectivity index (χ2v) is 9.83. The molecule has 15 heteroatoms. The van der Waals surface area contributed by atoms with E-state index in [1.807, 2.05) is 0 Å². The predicted octanol–water partition coefficient (Wildman–Crippen LogP) is 5.64. The van der Waals surface area contributed by atoms with Crippen molar-refractivity contribution in [3.8, 4) is 11.5 Å². The molecule has 0 saturated heterocycles. The van der Waals surface area contributed by atoms with Crippen LogP contribution in [-0.4, -0.2) is 22.7 Å². The number of sulfonamides is 1. The van der Waals surface area contributed by atoms with Crippen LogP contribution in [-0.2, 0) is 20.0 Å². The molecular formula is C19H9F7NO5S2-. The monoisotopic (exact) mass is 528 g/mol. The molecule has 0 amide bonds. The molecule has 3 aromatic carbocycles. The molecule has 0 aromatic heterocycles. The highest BCUT2D eigenvalue weighted by Gasteiger charge is 2.47. The summed E-state index contributed by atoms with van der Waals surface area (Å²) in [6.07, 6.45) is 1.54. The minimum absolute atomic E-state index is 0.351. The third-order valence-corrected chi connectivity index (χ3v) is 7.25. The Labute approximate surface area is 187 Å². The van der Waals surface area contributed by atoms with E-state index in [4.69, 9.17) is 4.74 Å². The van der Waals surface area contributed by atoms with Gasteiger partial charge in [-0.1, -0.05) is 30.9 Å². The molecular weight excluding hydrogens is 519 g/mol. The smallest absolute Gasteiger partial charge is 0.519 e. The molecule has 0 N–H and O–H groups in total. The first-order valence-corrected chi connectivity index (χ1v) is 11.5.